The van der Waals surface area contributed by atoms with Crippen molar-refractivity contribution in [3.05, 3.63) is 0 Å². The van der Waals surface area contributed by atoms with Crippen LogP contribution in [0.2, 0.25) is 0 Å². The summed E-state index contributed by atoms with van der Waals surface area (Å²) < 4.78 is 0. The van der Waals surface area contributed by atoms with E-state index in [1.807, 2.05) is 32.6 Å². The molecule has 5 heteroatoms. The van der Waals surface area contributed by atoms with Crippen LogP contribution in [0.1, 0.15) is 53.4 Å². The van der Waals surface area contributed by atoms with Gasteiger partial charge in [-0.25, -0.2) is 0 Å². The summed E-state index contributed by atoms with van der Waals surface area (Å²) in [5.74, 6) is -2.12. The average molecular weight is 257 g/mol. The van der Waals surface area contributed by atoms with Gasteiger partial charge in [-0.1, -0.05) is 0 Å². The average Bonchev–Trinajstić information content (AvgIpc) is 2.12. The maximum Gasteiger partial charge on any atom is 0.321 e. The highest BCUT2D eigenvalue weighted by Gasteiger charge is 2.47. The van der Waals surface area contributed by atoms with Gasteiger partial charge in [0.25, 0.3) is 0 Å². The van der Waals surface area contributed by atoms with Gasteiger partial charge in [0.15, 0.2) is 0 Å². The molecule has 0 bridgehead atoms. The van der Waals surface area contributed by atoms with E-state index in [0.717, 1.165) is 19.3 Å². The molecule has 1 atom stereocenters. The molecular formula is C13H23NO4. The lowest BCUT2D eigenvalue weighted by Crippen LogP contribution is -2.64. The lowest BCUT2D eigenvalue weighted by atomic mass is 9.78. The number of nitrogens with zero attached hydrogens (tertiary/aromatic N) is 1. The molecule has 1 aliphatic heterocycles. The van der Waals surface area contributed by atoms with Crippen LogP contribution in [0, 0.1) is 0 Å². The van der Waals surface area contributed by atoms with Gasteiger partial charge < -0.3 is 10.2 Å². The molecule has 0 aromatic carbocycles. The van der Waals surface area contributed by atoms with Crippen LogP contribution in [0.25, 0.3) is 0 Å². The topological polar surface area (TPSA) is 77.8 Å². The smallest absolute Gasteiger partial charge is 0.321 e. The zero-order valence-corrected chi connectivity index (χ0v) is 11.6. The quantitative estimate of drug-likeness (QED) is 0.805. The van der Waals surface area contributed by atoms with Gasteiger partial charge in [-0.05, 0) is 47.0 Å². The summed E-state index contributed by atoms with van der Waals surface area (Å²) in [5, 5.41) is 18.2. The first-order valence-electron chi connectivity index (χ1n) is 6.32. The lowest BCUT2D eigenvalue weighted by Gasteiger charge is -2.55. The van der Waals surface area contributed by atoms with Crippen LogP contribution in [0.3, 0.4) is 0 Å². The van der Waals surface area contributed by atoms with E-state index in [1.165, 1.54) is 0 Å². The first-order chi connectivity index (χ1) is 8.08. The Bertz CT molecular complexity index is 333. The van der Waals surface area contributed by atoms with E-state index in [4.69, 9.17) is 5.11 Å². The maximum absolute atomic E-state index is 11.4. The summed E-state index contributed by atoms with van der Waals surface area (Å²) in [6.07, 6.45) is 2.46. The molecule has 0 aliphatic carbocycles. The first kappa shape index (κ1) is 15.0. The van der Waals surface area contributed by atoms with E-state index in [1.54, 1.807) is 0 Å². The van der Waals surface area contributed by atoms with Crippen molar-refractivity contribution in [2.75, 3.05) is 0 Å². The Labute approximate surface area is 108 Å². The number of piperidine rings is 1. The molecule has 1 unspecified atom stereocenters. The number of likely N-dealkylation sites (tertiary alicyclic amines) is 1. The summed E-state index contributed by atoms with van der Waals surface area (Å²) >= 11 is 0. The third-order valence-corrected chi connectivity index (χ3v) is 3.85. The summed E-state index contributed by atoms with van der Waals surface area (Å²) in [4.78, 5) is 24.2. The van der Waals surface area contributed by atoms with Crippen molar-refractivity contribution in [3.8, 4) is 0 Å². The van der Waals surface area contributed by atoms with Gasteiger partial charge in [-0.2, -0.15) is 0 Å². The Balaban J connectivity index is 3.11. The predicted molar refractivity (Wildman–Crippen MR) is 67.5 cm³/mol. The van der Waals surface area contributed by atoms with E-state index in [0.29, 0.717) is 0 Å². The Morgan fingerprint density at radius 3 is 1.89 bits per heavy atom. The molecule has 0 saturated carbocycles. The van der Waals surface area contributed by atoms with E-state index in [2.05, 4.69) is 0 Å². The summed E-state index contributed by atoms with van der Waals surface area (Å²) in [6.45, 7) is 7.97. The molecule has 1 fully saturated rings. The maximum atomic E-state index is 11.4. The van der Waals surface area contributed by atoms with Gasteiger partial charge in [0.05, 0.1) is 6.42 Å². The van der Waals surface area contributed by atoms with Gasteiger partial charge in [0.1, 0.15) is 6.04 Å². The van der Waals surface area contributed by atoms with E-state index in [-0.39, 0.29) is 17.5 Å². The Morgan fingerprint density at radius 2 is 1.56 bits per heavy atom. The minimum atomic E-state index is -1.07. The molecule has 0 aromatic rings. The van der Waals surface area contributed by atoms with Crippen LogP contribution in [-0.2, 0) is 9.59 Å². The number of carbonyl (C=O) groups is 2. The van der Waals surface area contributed by atoms with Crippen molar-refractivity contribution in [2.24, 2.45) is 0 Å². The zero-order valence-electron chi connectivity index (χ0n) is 11.6. The number of carboxylic acids is 2. The molecule has 5 nitrogen and oxygen atoms in total. The van der Waals surface area contributed by atoms with Crippen LogP contribution in [0.5, 0.6) is 0 Å². The van der Waals surface area contributed by atoms with Crippen molar-refractivity contribution in [3.63, 3.8) is 0 Å². The van der Waals surface area contributed by atoms with Crippen molar-refractivity contribution in [1.82, 2.24) is 4.90 Å². The molecule has 2 N–H and O–H groups in total. The molecule has 104 valence electrons. The van der Waals surface area contributed by atoms with Crippen LogP contribution in [-0.4, -0.2) is 44.2 Å². The molecule has 0 spiro atoms. The summed E-state index contributed by atoms with van der Waals surface area (Å²) in [5.41, 5.74) is -0.583. The van der Waals surface area contributed by atoms with Gasteiger partial charge >= 0.3 is 11.9 Å². The SMILES string of the molecule is CC1(C)CCCC(C)(C)N1C(CC(=O)O)C(=O)O. The Hall–Kier alpha value is -1.10. The normalized spacial score (nSPS) is 24.4. The molecule has 18 heavy (non-hydrogen) atoms. The summed E-state index contributed by atoms with van der Waals surface area (Å²) in [6, 6.07) is -0.965. The fraction of sp³-hybridized carbons (Fsp3) is 0.846. The van der Waals surface area contributed by atoms with E-state index in [9.17, 15) is 14.7 Å². The second-order valence-electron chi connectivity index (χ2n) is 6.30. The number of rotatable bonds is 4. The second kappa shape index (κ2) is 4.88. The van der Waals surface area contributed by atoms with Crippen molar-refractivity contribution in [1.29, 1.82) is 0 Å². The fourth-order valence-electron chi connectivity index (χ4n) is 3.31. The van der Waals surface area contributed by atoms with Crippen LogP contribution in [0.4, 0.5) is 0 Å². The first-order valence-corrected chi connectivity index (χ1v) is 6.32. The van der Waals surface area contributed by atoms with Crippen LogP contribution < -0.4 is 0 Å². The molecule has 0 aromatic heterocycles. The number of carboxylic acid groups (broad SMARTS) is 2. The van der Waals surface area contributed by atoms with Gasteiger partial charge in [0.2, 0.25) is 0 Å². The Morgan fingerprint density at radius 1 is 1.11 bits per heavy atom. The highest BCUT2D eigenvalue weighted by molar-refractivity contribution is 5.80. The predicted octanol–water partition coefficient (Wildman–Crippen LogP) is 1.96. The summed E-state index contributed by atoms with van der Waals surface area (Å²) in [7, 11) is 0. The highest BCUT2D eigenvalue weighted by atomic mass is 16.4. The molecule has 0 radical (unpaired) electrons. The molecule has 1 heterocycles. The molecule has 1 saturated heterocycles. The zero-order chi connectivity index (χ0) is 14.1. The molecule has 1 rings (SSSR count). The third kappa shape index (κ3) is 3.02. The molecule has 0 amide bonds. The van der Waals surface area contributed by atoms with E-state index >= 15 is 0 Å². The van der Waals surface area contributed by atoms with Crippen LogP contribution >= 0.6 is 0 Å². The number of aliphatic carboxylic acids is 2. The van der Waals surface area contributed by atoms with Crippen molar-refractivity contribution >= 4 is 11.9 Å². The highest BCUT2D eigenvalue weighted by Crippen LogP contribution is 2.40. The van der Waals surface area contributed by atoms with E-state index < -0.39 is 18.0 Å². The monoisotopic (exact) mass is 257 g/mol. The van der Waals surface area contributed by atoms with Crippen molar-refractivity contribution < 1.29 is 19.8 Å². The van der Waals surface area contributed by atoms with Gasteiger partial charge in [0, 0.05) is 11.1 Å². The third-order valence-electron chi connectivity index (χ3n) is 3.85. The standard InChI is InChI=1S/C13H23NO4/c1-12(2)6-5-7-13(3,4)14(12)9(11(17)18)8-10(15)16/h9H,5-8H2,1-4H3,(H,15,16)(H,17,18). The fourth-order valence-corrected chi connectivity index (χ4v) is 3.31. The Kier molecular flexibility index (Phi) is 4.05. The van der Waals surface area contributed by atoms with Crippen LogP contribution in [0.15, 0.2) is 0 Å². The molecular weight excluding hydrogens is 234 g/mol. The molecule has 1 aliphatic rings. The van der Waals surface area contributed by atoms with Crippen molar-refractivity contribution in [2.45, 2.75) is 70.5 Å². The lowest BCUT2D eigenvalue weighted by molar-refractivity contribution is -0.160. The van der Waals surface area contributed by atoms with Gasteiger partial charge in [-0.15, -0.1) is 0 Å². The minimum Gasteiger partial charge on any atom is -0.481 e. The minimum absolute atomic E-state index is 0.291. The second-order valence-corrected chi connectivity index (χ2v) is 6.30. The van der Waals surface area contributed by atoms with Gasteiger partial charge in [-0.3, -0.25) is 14.5 Å². The number of hydrogen-bond acceptors (Lipinski definition) is 3. The number of hydrogen-bond donors (Lipinski definition) is 2. The largest absolute Gasteiger partial charge is 0.481 e.